The number of hydrogen-bond acceptors (Lipinski definition) is 6. The second kappa shape index (κ2) is 11.7. The third kappa shape index (κ3) is 8.28. The maximum Gasteiger partial charge on any atom is 0.256 e. The van der Waals surface area contributed by atoms with Crippen LogP contribution in [0.2, 0.25) is 0 Å². The molecule has 0 unspecified atom stereocenters. The number of rotatable bonds is 10. The Hall–Kier alpha value is -1.58. The Kier molecular flexibility index (Phi) is 9.64. The minimum atomic E-state index is -0.604. The van der Waals surface area contributed by atoms with Gasteiger partial charge < -0.3 is 24.2 Å². The highest BCUT2D eigenvalue weighted by Gasteiger charge is 2.27. The molecule has 0 spiro atoms. The summed E-state index contributed by atoms with van der Waals surface area (Å²) >= 11 is 0. The average molecular weight is 427 g/mol. The van der Waals surface area contributed by atoms with Gasteiger partial charge in [-0.1, -0.05) is 12.1 Å². The van der Waals surface area contributed by atoms with E-state index in [9.17, 15) is 14.3 Å². The van der Waals surface area contributed by atoms with Crippen molar-refractivity contribution >= 4 is 5.91 Å². The molecule has 1 heterocycles. The number of halogens is 1. The molecule has 2 rings (SSSR count). The number of aliphatic hydroxyl groups is 1. The van der Waals surface area contributed by atoms with Gasteiger partial charge in [-0.15, -0.1) is 0 Å². The average Bonchev–Trinajstić information content (AvgIpc) is 2.69. The Bertz CT molecular complexity index is 667. The lowest BCUT2D eigenvalue weighted by Gasteiger charge is -2.36. The molecule has 1 amide bonds. The lowest BCUT2D eigenvalue weighted by Crippen LogP contribution is -2.51. The van der Waals surface area contributed by atoms with Gasteiger partial charge >= 0.3 is 0 Å². The molecule has 0 saturated carbocycles. The molecular weight excluding hydrogens is 391 g/mol. The monoisotopic (exact) mass is 426 g/mol. The first-order chi connectivity index (χ1) is 14.2. The van der Waals surface area contributed by atoms with Crippen LogP contribution in [-0.4, -0.2) is 98.3 Å². The van der Waals surface area contributed by atoms with Crippen LogP contribution in [0.15, 0.2) is 24.3 Å². The molecule has 1 aliphatic rings. The van der Waals surface area contributed by atoms with Crippen molar-refractivity contribution < 1.29 is 28.5 Å². The number of benzene rings is 1. The molecule has 0 aromatic heterocycles. The van der Waals surface area contributed by atoms with E-state index in [0.717, 1.165) is 0 Å². The van der Waals surface area contributed by atoms with E-state index in [1.54, 1.807) is 24.1 Å². The van der Waals surface area contributed by atoms with Gasteiger partial charge in [-0.2, -0.15) is 0 Å². The van der Waals surface area contributed by atoms with Crippen LogP contribution < -0.4 is 0 Å². The molecule has 1 aliphatic heterocycles. The quantitative estimate of drug-likeness (QED) is 0.615. The first-order valence-electron chi connectivity index (χ1n) is 10.4. The number of hydrogen-bond donors (Lipinski definition) is 1. The molecule has 0 aliphatic carbocycles. The van der Waals surface area contributed by atoms with Crippen molar-refractivity contribution in [3.8, 4) is 0 Å². The summed E-state index contributed by atoms with van der Waals surface area (Å²) in [5.41, 5.74) is -0.264. The summed E-state index contributed by atoms with van der Waals surface area (Å²) in [6, 6.07) is 5.96. The molecule has 1 aromatic carbocycles. The van der Waals surface area contributed by atoms with E-state index in [1.807, 2.05) is 20.8 Å². The summed E-state index contributed by atoms with van der Waals surface area (Å²) in [5.74, 6) is -0.928. The standard InChI is InChI=1S/C22H35FN2O5/c1-22(2,3)30-16-17(26)13-24-9-12-29-18(14-24)15-25(10-11-28-4)21(27)19-7-5-6-8-20(19)23/h5-8,17-18,26H,9-16H2,1-4H3/t17-,18+/m0/s1. The Morgan fingerprint density at radius 1 is 1.40 bits per heavy atom. The van der Waals surface area contributed by atoms with Gasteiger partial charge in [0, 0.05) is 39.8 Å². The molecule has 1 aromatic rings. The fourth-order valence-corrected chi connectivity index (χ4v) is 3.28. The molecule has 1 N–H and O–H groups in total. The summed E-state index contributed by atoms with van der Waals surface area (Å²) in [7, 11) is 1.56. The molecule has 7 nitrogen and oxygen atoms in total. The van der Waals surface area contributed by atoms with Gasteiger partial charge in [0.15, 0.2) is 0 Å². The number of amides is 1. The lowest BCUT2D eigenvalue weighted by atomic mass is 10.1. The van der Waals surface area contributed by atoms with Gasteiger partial charge in [0.2, 0.25) is 0 Å². The molecule has 1 fully saturated rings. The van der Waals surface area contributed by atoms with Crippen LogP contribution in [0.4, 0.5) is 4.39 Å². The fraction of sp³-hybridized carbons (Fsp3) is 0.682. The van der Waals surface area contributed by atoms with Crippen LogP contribution in [0, 0.1) is 5.82 Å². The smallest absolute Gasteiger partial charge is 0.256 e. The highest BCUT2D eigenvalue weighted by Crippen LogP contribution is 2.14. The molecule has 8 heteroatoms. The first kappa shape index (κ1) is 24.7. The lowest BCUT2D eigenvalue weighted by molar-refractivity contribution is -0.0784. The van der Waals surface area contributed by atoms with E-state index in [-0.39, 0.29) is 29.8 Å². The van der Waals surface area contributed by atoms with Gasteiger partial charge in [0.25, 0.3) is 5.91 Å². The van der Waals surface area contributed by atoms with Crippen LogP contribution in [0.1, 0.15) is 31.1 Å². The van der Waals surface area contributed by atoms with Crippen molar-refractivity contribution in [3.05, 3.63) is 35.6 Å². The Balaban J connectivity index is 1.95. The maximum absolute atomic E-state index is 14.1. The van der Waals surface area contributed by atoms with Crippen molar-refractivity contribution in [3.63, 3.8) is 0 Å². The Morgan fingerprint density at radius 2 is 2.13 bits per heavy atom. The largest absolute Gasteiger partial charge is 0.389 e. The van der Waals surface area contributed by atoms with Gasteiger partial charge in [-0.25, -0.2) is 4.39 Å². The topological polar surface area (TPSA) is 71.5 Å². The van der Waals surface area contributed by atoms with E-state index in [1.165, 1.54) is 12.1 Å². The minimum Gasteiger partial charge on any atom is -0.389 e. The zero-order chi connectivity index (χ0) is 22.1. The van der Waals surface area contributed by atoms with Crippen LogP contribution in [-0.2, 0) is 14.2 Å². The Labute approximate surface area is 178 Å². The fourth-order valence-electron chi connectivity index (χ4n) is 3.28. The van der Waals surface area contributed by atoms with Gasteiger partial charge in [0.05, 0.1) is 43.2 Å². The molecule has 1 saturated heterocycles. The summed E-state index contributed by atoms with van der Waals surface area (Å²) in [5, 5.41) is 10.3. The number of morpholine rings is 1. The molecule has 170 valence electrons. The number of carbonyl (C=O) groups excluding carboxylic acids is 1. The van der Waals surface area contributed by atoms with Gasteiger partial charge in [0.1, 0.15) is 5.82 Å². The third-order valence-electron chi connectivity index (χ3n) is 4.78. The van der Waals surface area contributed by atoms with Crippen molar-refractivity contribution in [1.29, 1.82) is 0 Å². The molecule has 2 atom stereocenters. The van der Waals surface area contributed by atoms with Crippen LogP contribution in [0.3, 0.4) is 0 Å². The molecule has 30 heavy (non-hydrogen) atoms. The molecule has 0 radical (unpaired) electrons. The number of ether oxygens (including phenoxy) is 3. The van der Waals surface area contributed by atoms with E-state index in [0.29, 0.717) is 45.9 Å². The molecule has 0 bridgehead atoms. The predicted molar refractivity (Wildman–Crippen MR) is 112 cm³/mol. The summed E-state index contributed by atoms with van der Waals surface area (Å²) in [6.07, 6.45) is -0.838. The SMILES string of the molecule is COCCN(C[C@H]1CN(C[C@H](O)COC(C)(C)C)CCO1)C(=O)c1ccccc1F. The number of carbonyl (C=O) groups is 1. The summed E-state index contributed by atoms with van der Waals surface area (Å²) < 4.78 is 30.7. The zero-order valence-electron chi connectivity index (χ0n) is 18.5. The van der Waals surface area contributed by atoms with Crippen molar-refractivity contribution in [2.45, 2.75) is 38.6 Å². The third-order valence-corrected chi connectivity index (χ3v) is 4.78. The maximum atomic E-state index is 14.1. The van der Waals surface area contributed by atoms with Crippen molar-refractivity contribution in [2.24, 2.45) is 0 Å². The number of β-amino-alcohol motifs (C(OH)–C–C–N with tert-alkyl or cyclic N) is 1. The van der Waals surface area contributed by atoms with Crippen molar-refractivity contribution in [1.82, 2.24) is 9.80 Å². The number of nitrogens with zero attached hydrogens (tertiary/aromatic N) is 2. The van der Waals surface area contributed by atoms with Crippen LogP contribution in [0.25, 0.3) is 0 Å². The van der Waals surface area contributed by atoms with E-state index in [4.69, 9.17) is 14.2 Å². The normalized spacial score (nSPS) is 18.9. The first-order valence-corrected chi connectivity index (χ1v) is 10.4. The van der Waals surface area contributed by atoms with Crippen LogP contribution >= 0.6 is 0 Å². The highest BCUT2D eigenvalue weighted by atomic mass is 19.1. The van der Waals surface area contributed by atoms with E-state index in [2.05, 4.69) is 4.90 Å². The minimum absolute atomic E-state index is 0.0380. The summed E-state index contributed by atoms with van der Waals surface area (Å²) in [4.78, 5) is 16.6. The number of aliphatic hydroxyl groups excluding tert-OH is 1. The van der Waals surface area contributed by atoms with Gasteiger partial charge in [-0.05, 0) is 32.9 Å². The van der Waals surface area contributed by atoms with E-state index >= 15 is 0 Å². The second-order valence-electron chi connectivity index (χ2n) is 8.55. The summed E-state index contributed by atoms with van der Waals surface area (Å²) in [6.45, 7) is 9.36. The number of methoxy groups -OCH3 is 1. The Morgan fingerprint density at radius 3 is 2.80 bits per heavy atom. The molecular formula is C22H35FN2O5. The predicted octanol–water partition coefficient (Wildman–Crippen LogP) is 1.79. The van der Waals surface area contributed by atoms with Crippen LogP contribution in [0.5, 0.6) is 0 Å². The highest BCUT2D eigenvalue weighted by molar-refractivity contribution is 5.94. The van der Waals surface area contributed by atoms with Crippen molar-refractivity contribution in [2.75, 3.05) is 59.7 Å². The van der Waals surface area contributed by atoms with Gasteiger partial charge in [-0.3, -0.25) is 9.69 Å². The zero-order valence-corrected chi connectivity index (χ0v) is 18.5. The second-order valence-corrected chi connectivity index (χ2v) is 8.55. The van der Waals surface area contributed by atoms with E-state index < -0.39 is 11.9 Å².